The van der Waals surface area contributed by atoms with E-state index in [0.717, 1.165) is 12.5 Å². The van der Waals surface area contributed by atoms with Crippen LogP contribution < -0.4 is 5.48 Å². The highest BCUT2D eigenvalue weighted by atomic mass is 32.2. The Morgan fingerprint density at radius 1 is 1.64 bits per heavy atom. The summed E-state index contributed by atoms with van der Waals surface area (Å²) >= 11 is 2.09. The van der Waals surface area contributed by atoms with Gasteiger partial charge in [0.2, 0.25) is 0 Å². The van der Waals surface area contributed by atoms with Crippen LogP contribution in [0.2, 0.25) is 0 Å². The van der Waals surface area contributed by atoms with Crippen LogP contribution in [0.5, 0.6) is 0 Å². The smallest absolute Gasteiger partial charge is 0.0685 e. The molecule has 1 aliphatic rings. The first kappa shape index (κ1) is 9.36. The number of hydroxylamine groups is 1. The molecule has 1 N–H and O–H groups in total. The second kappa shape index (κ2) is 5.86. The van der Waals surface area contributed by atoms with Crippen molar-refractivity contribution in [2.24, 2.45) is 5.92 Å². The van der Waals surface area contributed by atoms with Crippen LogP contribution in [-0.2, 0) is 4.84 Å². The van der Waals surface area contributed by atoms with Crippen molar-refractivity contribution in [1.29, 1.82) is 0 Å². The molecule has 0 aliphatic carbocycles. The predicted octanol–water partition coefficient (Wildman–Crippen LogP) is 1.67. The topological polar surface area (TPSA) is 21.3 Å². The van der Waals surface area contributed by atoms with E-state index in [1.165, 1.54) is 30.8 Å². The molecule has 2 nitrogen and oxygen atoms in total. The number of hydrogen-bond donors (Lipinski definition) is 1. The molecule has 0 aromatic carbocycles. The van der Waals surface area contributed by atoms with E-state index in [-0.39, 0.29) is 0 Å². The molecule has 1 atom stereocenters. The molecule has 0 radical (unpaired) electrons. The van der Waals surface area contributed by atoms with Crippen LogP contribution in [0.1, 0.15) is 19.3 Å². The molecule has 0 amide bonds. The lowest BCUT2D eigenvalue weighted by Gasteiger charge is -2.20. The zero-order valence-electron chi connectivity index (χ0n) is 7.14. The highest BCUT2D eigenvalue weighted by Crippen LogP contribution is 2.24. The maximum Gasteiger partial charge on any atom is 0.0685 e. The van der Waals surface area contributed by atoms with Crippen molar-refractivity contribution in [3.05, 3.63) is 0 Å². The average molecular weight is 175 g/mol. The lowest BCUT2D eigenvalue weighted by atomic mass is 10.0. The Morgan fingerprint density at radius 3 is 3.18 bits per heavy atom. The summed E-state index contributed by atoms with van der Waals surface area (Å²) in [6, 6.07) is 0. The zero-order valence-corrected chi connectivity index (χ0v) is 7.95. The van der Waals surface area contributed by atoms with Crippen LogP contribution in [0.3, 0.4) is 0 Å². The number of nitrogens with one attached hydrogen (secondary N) is 1. The molecule has 0 aromatic heterocycles. The molecule has 1 rings (SSSR count). The van der Waals surface area contributed by atoms with Gasteiger partial charge >= 0.3 is 0 Å². The summed E-state index contributed by atoms with van der Waals surface area (Å²) in [6.45, 7) is 0.863. The maximum atomic E-state index is 5.08. The van der Waals surface area contributed by atoms with Crippen molar-refractivity contribution in [2.45, 2.75) is 19.3 Å². The molecule has 0 saturated carbocycles. The molecular formula is C8H17NOS. The van der Waals surface area contributed by atoms with Crippen LogP contribution >= 0.6 is 11.8 Å². The molecule has 1 heterocycles. The Bertz CT molecular complexity index is 94.1. The number of rotatable bonds is 4. The minimum atomic E-state index is 0.863. The molecule has 66 valence electrons. The second-order valence-electron chi connectivity index (χ2n) is 2.92. The third kappa shape index (κ3) is 3.99. The maximum absolute atomic E-state index is 5.08. The van der Waals surface area contributed by atoms with Crippen molar-refractivity contribution in [3.63, 3.8) is 0 Å². The van der Waals surface area contributed by atoms with Crippen molar-refractivity contribution < 1.29 is 4.84 Å². The third-order valence-corrected chi connectivity index (χ3v) is 3.31. The minimum Gasteiger partial charge on any atom is -0.302 e. The van der Waals surface area contributed by atoms with Gasteiger partial charge < -0.3 is 4.84 Å². The Kier molecular flexibility index (Phi) is 4.99. The second-order valence-corrected chi connectivity index (χ2v) is 4.07. The fourth-order valence-electron chi connectivity index (χ4n) is 1.36. The Balaban J connectivity index is 1.96. The summed E-state index contributed by atoms with van der Waals surface area (Å²) in [4.78, 5) is 5.08. The van der Waals surface area contributed by atoms with E-state index < -0.39 is 0 Å². The molecule has 1 fully saturated rings. The summed E-state index contributed by atoms with van der Waals surface area (Å²) in [7, 11) is 1.82. The van der Waals surface area contributed by atoms with Crippen LogP contribution in [0, 0.1) is 5.92 Å². The highest BCUT2D eigenvalue weighted by Gasteiger charge is 2.12. The Labute approximate surface area is 73.0 Å². The first-order valence-corrected chi connectivity index (χ1v) is 5.45. The van der Waals surface area contributed by atoms with E-state index in [1.807, 2.05) is 7.05 Å². The van der Waals surface area contributed by atoms with Gasteiger partial charge in [0.1, 0.15) is 0 Å². The lowest BCUT2D eigenvalue weighted by molar-refractivity contribution is 0.0490. The summed E-state index contributed by atoms with van der Waals surface area (Å²) in [5, 5.41) is 0. The highest BCUT2D eigenvalue weighted by molar-refractivity contribution is 7.99. The van der Waals surface area contributed by atoms with Crippen molar-refractivity contribution in [3.8, 4) is 0 Å². The van der Waals surface area contributed by atoms with Gasteiger partial charge in [-0.25, -0.2) is 5.48 Å². The van der Waals surface area contributed by atoms with E-state index in [1.54, 1.807) is 0 Å². The molecule has 1 unspecified atom stereocenters. The van der Waals surface area contributed by atoms with Crippen molar-refractivity contribution in [2.75, 3.05) is 25.2 Å². The molecular weight excluding hydrogens is 158 g/mol. The van der Waals surface area contributed by atoms with Gasteiger partial charge in [-0.1, -0.05) is 0 Å². The third-order valence-electron chi connectivity index (χ3n) is 2.03. The number of thioether (sulfide) groups is 1. The summed E-state index contributed by atoms with van der Waals surface area (Å²) < 4.78 is 0. The molecule has 0 spiro atoms. The molecule has 11 heavy (non-hydrogen) atoms. The van der Waals surface area contributed by atoms with Crippen molar-refractivity contribution >= 4 is 11.8 Å². The molecule has 0 bridgehead atoms. The minimum absolute atomic E-state index is 0.863. The van der Waals surface area contributed by atoms with Gasteiger partial charge in [-0.2, -0.15) is 11.8 Å². The van der Waals surface area contributed by atoms with Gasteiger partial charge in [-0.3, -0.25) is 0 Å². The Hall–Kier alpha value is 0.270. The van der Waals surface area contributed by atoms with Gasteiger partial charge in [-0.05, 0) is 36.7 Å². The summed E-state index contributed by atoms with van der Waals surface area (Å²) in [6.07, 6.45) is 4.02. The largest absolute Gasteiger partial charge is 0.302 e. The van der Waals surface area contributed by atoms with Crippen LogP contribution in [-0.4, -0.2) is 25.2 Å². The van der Waals surface area contributed by atoms with E-state index in [0.29, 0.717) is 0 Å². The van der Waals surface area contributed by atoms with E-state index in [2.05, 4.69) is 17.2 Å². The van der Waals surface area contributed by atoms with E-state index >= 15 is 0 Å². The molecule has 3 heteroatoms. The van der Waals surface area contributed by atoms with Gasteiger partial charge in [-0.15, -0.1) is 0 Å². The van der Waals surface area contributed by atoms with E-state index in [4.69, 9.17) is 4.84 Å². The summed E-state index contributed by atoms with van der Waals surface area (Å²) in [5.74, 6) is 3.61. The van der Waals surface area contributed by atoms with Gasteiger partial charge in [0.05, 0.1) is 6.61 Å². The monoisotopic (exact) mass is 175 g/mol. The average Bonchev–Trinajstić information content (AvgIpc) is 2.07. The normalized spacial score (nSPS) is 25.4. The quantitative estimate of drug-likeness (QED) is 0.519. The van der Waals surface area contributed by atoms with Gasteiger partial charge in [0, 0.05) is 7.05 Å². The van der Waals surface area contributed by atoms with Crippen molar-refractivity contribution in [1.82, 2.24) is 5.48 Å². The SMILES string of the molecule is CNOCCC1CCCSC1. The lowest BCUT2D eigenvalue weighted by Crippen LogP contribution is -2.16. The van der Waals surface area contributed by atoms with Crippen LogP contribution in [0.4, 0.5) is 0 Å². The first-order chi connectivity index (χ1) is 5.43. The first-order valence-electron chi connectivity index (χ1n) is 4.29. The van der Waals surface area contributed by atoms with Gasteiger partial charge in [0.25, 0.3) is 0 Å². The zero-order chi connectivity index (χ0) is 7.94. The van der Waals surface area contributed by atoms with Crippen LogP contribution in [0.15, 0.2) is 0 Å². The predicted molar refractivity (Wildman–Crippen MR) is 49.7 cm³/mol. The van der Waals surface area contributed by atoms with Gasteiger partial charge in [0.15, 0.2) is 0 Å². The van der Waals surface area contributed by atoms with Crippen LogP contribution in [0.25, 0.3) is 0 Å². The Morgan fingerprint density at radius 2 is 2.55 bits per heavy atom. The molecule has 0 aromatic rings. The number of hydrogen-bond acceptors (Lipinski definition) is 3. The summed E-state index contributed by atoms with van der Waals surface area (Å²) in [5.41, 5.74) is 2.70. The molecule has 1 aliphatic heterocycles. The fourth-order valence-corrected chi connectivity index (χ4v) is 2.57. The van der Waals surface area contributed by atoms with E-state index in [9.17, 15) is 0 Å². The molecule has 1 saturated heterocycles. The standard InChI is InChI=1S/C8H17NOS/c1-9-10-5-4-8-3-2-6-11-7-8/h8-9H,2-7H2,1H3. The fraction of sp³-hybridized carbons (Fsp3) is 1.00.